The third-order valence-corrected chi connectivity index (χ3v) is 1.75. The van der Waals surface area contributed by atoms with Crippen LogP contribution in [0.15, 0.2) is 0 Å². The van der Waals surface area contributed by atoms with Crippen molar-refractivity contribution < 1.29 is 23.9 Å². The molecule has 0 aromatic rings. The van der Waals surface area contributed by atoms with E-state index in [1.165, 1.54) is 7.11 Å². The van der Waals surface area contributed by atoms with Crippen LogP contribution in [-0.2, 0) is 23.9 Å². The SMILES string of the molecule is COC(=O)C(CC=O)CC(=O)OC(C)(C)C. The van der Waals surface area contributed by atoms with Gasteiger partial charge in [0, 0.05) is 6.42 Å². The van der Waals surface area contributed by atoms with Gasteiger partial charge in [-0.15, -0.1) is 0 Å². The minimum Gasteiger partial charge on any atom is -0.469 e. The van der Waals surface area contributed by atoms with E-state index in [-0.39, 0.29) is 12.8 Å². The van der Waals surface area contributed by atoms with Crippen LogP contribution >= 0.6 is 0 Å². The van der Waals surface area contributed by atoms with Crippen LogP contribution in [0.25, 0.3) is 0 Å². The van der Waals surface area contributed by atoms with Crippen LogP contribution in [0.4, 0.5) is 0 Å². The predicted octanol–water partition coefficient (Wildman–Crippen LogP) is 1.10. The molecule has 0 aliphatic carbocycles. The fourth-order valence-corrected chi connectivity index (χ4v) is 1.13. The van der Waals surface area contributed by atoms with Crippen molar-refractivity contribution in [2.24, 2.45) is 5.92 Å². The number of carbonyl (C=O) groups excluding carboxylic acids is 3. The molecule has 0 saturated heterocycles. The summed E-state index contributed by atoms with van der Waals surface area (Å²) in [6.07, 6.45) is 0.417. The topological polar surface area (TPSA) is 69.7 Å². The quantitative estimate of drug-likeness (QED) is 0.522. The Morgan fingerprint density at radius 2 is 1.88 bits per heavy atom. The molecule has 0 rings (SSSR count). The highest BCUT2D eigenvalue weighted by atomic mass is 16.6. The van der Waals surface area contributed by atoms with Gasteiger partial charge in [0.1, 0.15) is 11.9 Å². The summed E-state index contributed by atoms with van der Waals surface area (Å²) in [7, 11) is 1.22. The number of carbonyl (C=O) groups is 3. The Labute approximate surface area is 95.1 Å². The molecule has 0 bridgehead atoms. The van der Waals surface area contributed by atoms with Crippen LogP contribution in [0.3, 0.4) is 0 Å². The van der Waals surface area contributed by atoms with Gasteiger partial charge in [0.2, 0.25) is 0 Å². The molecule has 1 atom stereocenters. The third kappa shape index (κ3) is 6.16. The van der Waals surface area contributed by atoms with Crippen molar-refractivity contribution >= 4 is 18.2 Å². The number of methoxy groups -OCH3 is 1. The van der Waals surface area contributed by atoms with Gasteiger partial charge >= 0.3 is 11.9 Å². The van der Waals surface area contributed by atoms with Gasteiger partial charge < -0.3 is 14.3 Å². The summed E-state index contributed by atoms with van der Waals surface area (Å²) in [6, 6.07) is 0. The van der Waals surface area contributed by atoms with Gasteiger partial charge in [-0.25, -0.2) is 0 Å². The lowest BCUT2D eigenvalue weighted by Crippen LogP contribution is -2.28. The maximum Gasteiger partial charge on any atom is 0.309 e. The largest absolute Gasteiger partial charge is 0.469 e. The van der Waals surface area contributed by atoms with Crippen molar-refractivity contribution in [2.75, 3.05) is 7.11 Å². The van der Waals surface area contributed by atoms with Gasteiger partial charge in [0.05, 0.1) is 19.4 Å². The monoisotopic (exact) mass is 230 g/mol. The summed E-state index contributed by atoms with van der Waals surface area (Å²) >= 11 is 0. The predicted molar refractivity (Wildman–Crippen MR) is 56.6 cm³/mol. The average molecular weight is 230 g/mol. The summed E-state index contributed by atoms with van der Waals surface area (Å²) in [5.41, 5.74) is -0.598. The first-order chi connectivity index (χ1) is 7.30. The fraction of sp³-hybridized carbons (Fsp3) is 0.727. The van der Waals surface area contributed by atoms with Crippen LogP contribution in [0.1, 0.15) is 33.6 Å². The summed E-state index contributed by atoms with van der Waals surface area (Å²) in [6.45, 7) is 5.20. The molecule has 5 nitrogen and oxygen atoms in total. The van der Waals surface area contributed by atoms with E-state index >= 15 is 0 Å². The molecular weight excluding hydrogens is 212 g/mol. The zero-order valence-corrected chi connectivity index (χ0v) is 10.1. The zero-order chi connectivity index (χ0) is 12.8. The lowest BCUT2D eigenvalue weighted by Gasteiger charge is -2.20. The number of hydrogen-bond acceptors (Lipinski definition) is 5. The molecule has 1 unspecified atom stereocenters. The molecule has 0 aromatic heterocycles. The number of esters is 2. The van der Waals surface area contributed by atoms with Crippen molar-refractivity contribution in [3.8, 4) is 0 Å². The van der Waals surface area contributed by atoms with Gasteiger partial charge in [-0.1, -0.05) is 0 Å². The maximum absolute atomic E-state index is 11.4. The Morgan fingerprint density at radius 1 is 1.31 bits per heavy atom. The molecule has 5 heteroatoms. The molecule has 0 radical (unpaired) electrons. The highest BCUT2D eigenvalue weighted by Crippen LogP contribution is 2.14. The first kappa shape index (κ1) is 14.6. The second kappa shape index (κ2) is 6.25. The van der Waals surface area contributed by atoms with Crippen molar-refractivity contribution in [3.05, 3.63) is 0 Å². The molecule has 0 N–H and O–H groups in total. The molecule has 0 heterocycles. The van der Waals surface area contributed by atoms with Gasteiger partial charge in [-0.2, -0.15) is 0 Å². The van der Waals surface area contributed by atoms with Crippen LogP contribution in [-0.4, -0.2) is 30.9 Å². The van der Waals surface area contributed by atoms with Crippen molar-refractivity contribution in [1.29, 1.82) is 0 Å². The molecule has 0 aromatic carbocycles. The molecule has 0 saturated carbocycles. The molecule has 0 fully saturated rings. The van der Waals surface area contributed by atoms with E-state index in [9.17, 15) is 14.4 Å². The second-order valence-electron chi connectivity index (χ2n) is 4.41. The smallest absolute Gasteiger partial charge is 0.309 e. The Morgan fingerprint density at radius 3 is 2.25 bits per heavy atom. The molecule has 0 spiro atoms. The van der Waals surface area contributed by atoms with Gasteiger partial charge in [-0.3, -0.25) is 9.59 Å². The Balaban J connectivity index is 4.34. The van der Waals surface area contributed by atoms with Crippen molar-refractivity contribution in [1.82, 2.24) is 0 Å². The Kier molecular flexibility index (Phi) is 5.71. The van der Waals surface area contributed by atoms with Crippen LogP contribution < -0.4 is 0 Å². The summed E-state index contributed by atoms with van der Waals surface area (Å²) in [5.74, 6) is -1.83. The molecule has 0 aliphatic heterocycles. The van der Waals surface area contributed by atoms with E-state index in [1.807, 2.05) is 0 Å². The number of aldehydes is 1. The minimum absolute atomic E-state index is 0.0358. The Bertz CT molecular complexity index is 264. The van der Waals surface area contributed by atoms with Gasteiger partial charge in [0.15, 0.2) is 0 Å². The average Bonchev–Trinajstić information content (AvgIpc) is 2.13. The van der Waals surface area contributed by atoms with Crippen molar-refractivity contribution in [3.63, 3.8) is 0 Å². The lowest BCUT2D eigenvalue weighted by molar-refractivity contribution is -0.160. The first-order valence-electron chi connectivity index (χ1n) is 5.03. The standard InChI is InChI=1S/C11H18O5/c1-11(2,3)16-9(13)7-8(5-6-12)10(14)15-4/h6,8H,5,7H2,1-4H3. The summed E-state index contributed by atoms with van der Waals surface area (Å²) in [4.78, 5) is 33.0. The van der Waals surface area contributed by atoms with Crippen LogP contribution in [0.5, 0.6) is 0 Å². The molecule has 16 heavy (non-hydrogen) atoms. The lowest BCUT2D eigenvalue weighted by atomic mass is 10.0. The minimum atomic E-state index is -0.752. The van der Waals surface area contributed by atoms with E-state index in [1.54, 1.807) is 20.8 Å². The molecular formula is C11H18O5. The van der Waals surface area contributed by atoms with Crippen LogP contribution in [0.2, 0.25) is 0 Å². The van der Waals surface area contributed by atoms with Crippen molar-refractivity contribution in [2.45, 2.75) is 39.2 Å². The number of hydrogen-bond donors (Lipinski definition) is 0. The second-order valence-corrected chi connectivity index (χ2v) is 4.41. The fourth-order valence-electron chi connectivity index (χ4n) is 1.13. The van der Waals surface area contributed by atoms with Crippen LogP contribution in [0, 0.1) is 5.92 Å². The third-order valence-electron chi connectivity index (χ3n) is 1.75. The maximum atomic E-state index is 11.4. The van der Waals surface area contributed by atoms with Gasteiger partial charge in [0.25, 0.3) is 0 Å². The van der Waals surface area contributed by atoms with E-state index in [0.29, 0.717) is 6.29 Å². The summed E-state index contributed by atoms with van der Waals surface area (Å²) in [5, 5.41) is 0. The zero-order valence-electron chi connectivity index (χ0n) is 10.1. The Hall–Kier alpha value is -1.39. The summed E-state index contributed by atoms with van der Waals surface area (Å²) < 4.78 is 9.54. The van der Waals surface area contributed by atoms with E-state index in [2.05, 4.69) is 4.74 Å². The highest BCUT2D eigenvalue weighted by molar-refractivity contribution is 5.81. The number of rotatable bonds is 5. The highest BCUT2D eigenvalue weighted by Gasteiger charge is 2.25. The first-order valence-corrected chi connectivity index (χ1v) is 5.03. The van der Waals surface area contributed by atoms with Gasteiger partial charge in [-0.05, 0) is 20.8 Å². The van der Waals surface area contributed by atoms with E-state index < -0.39 is 23.5 Å². The van der Waals surface area contributed by atoms with E-state index in [4.69, 9.17) is 4.74 Å². The molecule has 0 aliphatic rings. The number of ether oxygens (including phenoxy) is 2. The molecule has 0 amide bonds. The molecule has 92 valence electrons. The normalized spacial score (nSPS) is 12.8. The van der Waals surface area contributed by atoms with E-state index in [0.717, 1.165) is 0 Å².